The highest BCUT2D eigenvalue weighted by molar-refractivity contribution is 5.50. The van der Waals surface area contributed by atoms with E-state index in [-0.39, 0.29) is 5.82 Å². The molecule has 0 heterocycles. The predicted octanol–water partition coefficient (Wildman–Crippen LogP) is 3.58. The van der Waals surface area contributed by atoms with Crippen LogP contribution in [0.1, 0.15) is 39.2 Å². The predicted molar refractivity (Wildman–Crippen MR) is 87.4 cm³/mol. The molecule has 0 bridgehead atoms. The molecule has 1 N–H and O–H groups in total. The molecule has 0 aliphatic carbocycles. The van der Waals surface area contributed by atoms with Gasteiger partial charge in [-0.25, -0.2) is 4.39 Å². The monoisotopic (exact) mass is 296 g/mol. The summed E-state index contributed by atoms with van der Waals surface area (Å²) in [5.74, 6) is -0.145. The molecule has 0 fully saturated rings. The third-order valence-electron chi connectivity index (χ3n) is 3.82. The molecule has 0 aliphatic rings. The summed E-state index contributed by atoms with van der Waals surface area (Å²) < 4.78 is 19.7. The summed E-state index contributed by atoms with van der Waals surface area (Å²) in [4.78, 5) is 2.13. The van der Waals surface area contributed by atoms with Crippen LogP contribution in [0, 0.1) is 5.82 Å². The van der Waals surface area contributed by atoms with Gasteiger partial charge < -0.3 is 15.0 Å². The Morgan fingerprint density at radius 1 is 1.24 bits per heavy atom. The number of ether oxygens (including phenoxy) is 1. The van der Waals surface area contributed by atoms with Gasteiger partial charge in [-0.15, -0.1) is 0 Å². The lowest BCUT2D eigenvalue weighted by Gasteiger charge is -2.33. The summed E-state index contributed by atoms with van der Waals surface area (Å²) in [7, 11) is 1.68. The minimum atomic E-state index is -0.145. The first-order chi connectivity index (χ1) is 10.2. The molecule has 1 aromatic carbocycles. The maximum Gasteiger partial charge on any atom is 0.146 e. The zero-order chi connectivity index (χ0) is 15.7. The fourth-order valence-electron chi connectivity index (χ4n) is 2.58. The van der Waals surface area contributed by atoms with E-state index in [1.54, 1.807) is 13.2 Å². The first kappa shape index (κ1) is 17.9. The molecule has 0 amide bonds. The van der Waals surface area contributed by atoms with Crippen molar-refractivity contribution in [1.29, 1.82) is 0 Å². The standard InChI is InChI=1S/C17H29FN2O/c1-5-15(6-2)20(10-11-21-4)17-9-8-14(12-16(17)18)13-19-7-3/h8-9,12,15,19H,5-7,10-11,13H2,1-4H3. The number of nitrogens with one attached hydrogen (secondary N) is 1. The van der Waals surface area contributed by atoms with Crippen LogP contribution in [0.4, 0.5) is 10.1 Å². The minimum absolute atomic E-state index is 0.145. The van der Waals surface area contributed by atoms with E-state index in [2.05, 4.69) is 24.1 Å². The Balaban J connectivity index is 2.95. The van der Waals surface area contributed by atoms with E-state index in [4.69, 9.17) is 4.74 Å². The summed E-state index contributed by atoms with van der Waals surface area (Å²) >= 11 is 0. The van der Waals surface area contributed by atoms with Gasteiger partial charge in [0, 0.05) is 26.2 Å². The number of halogens is 1. The molecular formula is C17H29FN2O. The van der Waals surface area contributed by atoms with Crippen molar-refractivity contribution in [3.8, 4) is 0 Å². The topological polar surface area (TPSA) is 24.5 Å². The zero-order valence-corrected chi connectivity index (χ0v) is 13.8. The van der Waals surface area contributed by atoms with Crippen molar-refractivity contribution in [3.05, 3.63) is 29.6 Å². The highest BCUT2D eigenvalue weighted by Crippen LogP contribution is 2.25. The number of methoxy groups -OCH3 is 1. The highest BCUT2D eigenvalue weighted by atomic mass is 19.1. The van der Waals surface area contributed by atoms with Crippen molar-refractivity contribution in [2.24, 2.45) is 0 Å². The molecule has 3 nitrogen and oxygen atoms in total. The lowest BCUT2D eigenvalue weighted by atomic mass is 10.1. The van der Waals surface area contributed by atoms with Gasteiger partial charge >= 0.3 is 0 Å². The highest BCUT2D eigenvalue weighted by Gasteiger charge is 2.18. The van der Waals surface area contributed by atoms with E-state index >= 15 is 0 Å². The third-order valence-corrected chi connectivity index (χ3v) is 3.82. The van der Waals surface area contributed by atoms with Crippen LogP contribution in [-0.4, -0.2) is 32.8 Å². The summed E-state index contributed by atoms with van der Waals surface area (Å²) in [6, 6.07) is 5.88. The normalized spacial score (nSPS) is 11.1. The van der Waals surface area contributed by atoms with Crippen LogP contribution in [0.3, 0.4) is 0 Å². The molecule has 1 aromatic rings. The number of hydrogen-bond acceptors (Lipinski definition) is 3. The van der Waals surface area contributed by atoms with Gasteiger partial charge in [0.05, 0.1) is 12.3 Å². The fourth-order valence-corrected chi connectivity index (χ4v) is 2.58. The van der Waals surface area contributed by atoms with E-state index < -0.39 is 0 Å². The van der Waals surface area contributed by atoms with Crippen LogP contribution in [0.5, 0.6) is 0 Å². The first-order valence-electron chi connectivity index (χ1n) is 7.92. The van der Waals surface area contributed by atoms with Crippen molar-refractivity contribution in [1.82, 2.24) is 5.32 Å². The first-order valence-corrected chi connectivity index (χ1v) is 7.92. The maximum absolute atomic E-state index is 14.5. The number of nitrogens with zero attached hydrogens (tertiary/aromatic N) is 1. The Morgan fingerprint density at radius 3 is 2.48 bits per heavy atom. The van der Waals surface area contributed by atoms with Gasteiger partial charge in [-0.2, -0.15) is 0 Å². The van der Waals surface area contributed by atoms with Gasteiger partial charge in [-0.3, -0.25) is 0 Å². The van der Waals surface area contributed by atoms with E-state index in [0.717, 1.165) is 24.9 Å². The molecule has 0 atom stereocenters. The maximum atomic E-state index is 14.5. The molecule has 0 aromatic heterocycles. The Morgan fingerprint density at radius 2 is 1.95 bits per heavy atom. The van der Waals surface area contributed by atoms with Gasteiger partial charge in [0.1, 0.15) is 5.82 Å². The number of hydrogen-bond donors (Lipinski definition) is 1. The van der Waals surface area contributed by atoms with Gasteiger partial charge in [-0.05, 0) is 37.1 Å². The lowest BCUT2D eigenvalue weighted by molar-refractivity contribution is 0.202. The Labute approximate surface area is 128 Å². The molecule has 1 rings (SSSR count). The van der Waals surface area contributed by atoms with Crippen molar-refractivity contribution >= 4 is 5.69 Å². The molecule has 0 aliphatic heterocycles. The molecule has 0 radical (unpaired) electrons. The minimum Gasteiger partial charge on any atom is -0.383 e. The number of rotatable bonds is 10. The molecule has 0 saturated carbocycles. The molecule has 120 valence electrons. The summed E-state index contributed by atoms with van der Waals surface area (Å²) in [5.41, 5.74) is 1.66. The van der Waals surface area contributed by atoms with E-state index in [1.807, 2.05) is 19.1 Å². The second kappa shape index (κ2) is 9.74. The van der Waals surface area contributed by atoms with Crippen molar-refractivity contribution in [2.75, 3.05) is 31.7 Å². The van der Waals surface area contributed by atoms with Crippen LogP contribution in [0.15, 0.2) is 18.2 Å². The van der Waals surface area contributed by atoms with Crippen LogP contribution in [-0.2, 0) is 11.3 Å². The lowest BCUT2D eigenvalue weighted by Crippen LogP contribution is -2.37. The quantitative estimate of drug-likeness (QED) is 0.714. The summed E-state index contributed by atoms with van der Waals surface area (Å²) in [6.45, 7) is 9.25. The average Bonchev–Trinajstić information content (AvgIpc) is 2.50. The van der Waals surface area contributed by atoms with Gasteiger partial charge in [0.2, 0.25) is 0 Å². The van der Waals surface area contributed by atoms with Crippen LogP contribution < -0.4 is 10.2 Å². The second-order valence-electron chi connectivity index (χ2n) is 5.22. The Hall–Kier alpha value is -1.13. The van der Waals surface area contributed by atoms with Crippen molar-refractivity contribution in [2.45, 2.75) is 46.2 Å². The van der Waals surface area contributed by atoms with Gasteiger partial charge in [0.15, 0.2) is 0 Å². The molecule has 21 heavy (non-hydrogen) atoms. The molecule has 0 spiro atoms. The van der Waals surface area contributed by atoms with Gasteiger partial charge in [-0.1, -0.05) is 26.8 Å². The smallest absolute Gasteiger partial charge is 0.146 e. The van der Waals surface area contributed by atoms with Crippen LogP contribution in [0.25, 0.3) is 0 Å². The van der Waals surface area contributed by atoms with E-state index in [0.29, 0.717) is 31.4 Å². The number of anilines is 1. The van der Waals surface area contributed by atoms with E-state index in [9.17, 15) is 4.39 Å². The molecular weight excluding hydrogens is 267 g/mol. The summed E-state index contributed by atoms with van der Waals surface area (Å²) in [6.07, 6.45) is 2.00. The zero-order valence-electron chi connectivity index (χ0n) is 13.8. The summed E-state index contributed by atoms with van der Waals surface area (Å²) in [5, 5.41) is 3.22. The Bertz CT molecular complexity index is 408. The Kier molecular flexibility index (Phi) is 8.31. The van der Waals surface area contributed by atoms with Crippen molar-refractivity contribution in [3.63, 3.8) is 0 Å². The third kappa shape index (κ3) is 5.29. The largest absolute Gasteiger partial charge is 0.383 e. The fraction of sp³-hybridized carbons (Fsp3) is 0.647. The number of benzene rings is 1. The van der Waals surface area contributed by atoms with Crippen LogP contribution >= 0.6 is 0 Å². The van der Waals surface area contributed by atoms with Crippen molar-refractivity contribution < 1.29 is 9.13 Å². The average molecular weight is 296 g/mol. The molecule has 0 unspecified atom stereocenters. The van der Waals surface area contributed by atoms with E-state index in [1.165, 1.54) is 0 Å². The second-order valence-corrected chi connectivity index (χ2v) is 5.22. The van der Waals surface area contributed by atoms with Gasteiger partial charge in [0.25, 0.3) is 0 Å². The molecule has 4 heteroatoms. The molecule has 0 saturated heterocycles. The van der Waals surface area contributed by atoms with Crippen LogP contribution in [0.2, 0.25) is 0 Å². The SMILES string of the molecule is CCNCc1ccc(N(CCOC)C(CC)CC)c(F)c1.